The van der Waals surface area contributed by atoms with E-state index in [4.69, 9.17) is 14.6 Å². The van der Waals surface area contributed by atoms with Gasteiger partial charge in [-0.15, -0.1) is 0 Å². The molecule has 0 saturated carbocycles. The first-order valence-electron chi connectivity index (χ1n) is 4.69. The second-order valence-electron chi connectivity index (χ2n) is 3.93. The average molecular weight is 220 g/mol. The van der Waals surface area contributed by atoms with Gasteiger partial charge in [0.15, 0.2) is 11.6 Å². The normalized spacial score (nSPS) is 28.7. The first-order chi connectivity index (χ1) is 6.87. The minimum atomic E-state index is -1.64. The van der Waals surface area contributed by atoms with Crippen LogP contribution in [0.2, 0.25) is 0 Å². The predicted octanol–water partition coefficient (Wildman–Crippen LogP) is -1.58. The number of hydrogen-bond acceptors (Lipinski definition) is 6. The van der Waals surface area contributed by atoms with Crippen molar-refractivity contribution in [2.24, 2.45) is 0 Å². The van der Waals surface area contributed by atoms with Gasteiger partial charge in [0.1, 0.15) is 24.9 Å². The largest absolute Gasteiger partial charge is 0.388 e. The Labute approximate surface area is 87.4 Å². The fraction of sp³-hybridized carbons (Fsp3) is 0.889. The number of Topliss-reactive ketones (excluding diaryl/α,β-unsaturated/α-hetero) is 1. The molecule has 3 atom stereocenters. The summed E-state index contributed by atoms with van der Waals surface area (Å²) >= 11 is 0. The highest BCUT2D eigenvalue weighted by Gasteiger charge is 2.40. The standard InChI is InChI=1S/C9H16O6/c1-9(2)14-4-6(15-9)8(13)7(12)5(11)3-10/h6-8,10,12-13H,3-4H2,1-2H3/t6-,7+,8+/m0/s1. The number of hydrogen-bond donors (Lipinski definition) is 3. The van der Waals surface area contributed by atoms with Gasteiger partial charge in [-0.25, -0.2) is 0 Å². The van der Waals surface area contributed by atoms with Crippen molar-refractivity contribution >= 4 is 5.78 Å². The van der Waals surface area contributed by atoms with Gasteiger partial charge in [0.2, 0.25) is 0 Å². The first kappa shape index (κ1) is 12.5. The van der Waals surface area contributed by atoms with Gasteiger partial charge < -0.3 is 24.8 Å². The molecule has 0 aromatic heterocycles. The van der Waals surface area contributed by atoms with Gasteiger partial charge in [-0.3, -0.25) is 4.79 Å². The van der Waals surface area contributed by atoms with Crippen LogP contribution in [0.4, 0.5) is 0 Å². The molecule has 0 amide bonds. The number of aliphatic hydroxyl groups excluding tert-OH is 3. The van der Waals surface area contributed by atoms with Gasteiger partial charge in [-0.05, 0) is 13.8 Å². The lowest BCUT2D eigenvalue weighted by atomic mass is 10.1. The van der Waals surface area contributed by atoms with Crippen LogP contribution in [0.25, 0.3) is 0 Å². The third-order valence-electron chi connectivity index (χ3n) is 2.22. The summed E-state index contributed by atoms with van der Waals surface area (Å²) in [5.74, 6) is -1.66. The molecular formula is C9H16O6. The minimum Gasteiger partial charge on any atom is -0.388 e. The second kappa shape index (κ2) is 4.54. The van der Waals surface area contributed by atoms with Crippen LogP contribution in [0.15, 0.2) is 0 Å². The molecule has 1 aliphatic rings. The van der Waals surface area contributed by atoms with Gasteiger partial charge in [0.05, 0.1) is 6.61 Å². The van der Waals surface area contributed by atoms with E-state index in [0.29, 0.717) is 0 Å². The van der Waals surface area contributed by atoms with Crippen molar-refractivity contribution in [2.45, 2.75) is 37.9 Å². The molecule has 0 aliphatic carbocycles. The van der Waals surface area contributed by atoms with Crippen molar-refractivity contribution in [1.29, 1.82) is 0 Å². The van der Waals surface area contributed by atoms with Crippen LogP contribution in [0.5, 0.6) is 0 Å². The Morgan fingerprint density at radius 1 is 1.53 bits per heavy atom. The lowest BCUT2D eigenvalue weighted by Crippen LogP contribution is -2.44. The summed E-state index contributed by atoms with van der Waals surface area (Å²) in [6, 6.07) is 0. The molecule has 0 unspecified atom stereocenters. The maximum absolute atomic E-state index is 10.9. The number of ether oxygens (including phenoxy) is 2. The molecule has 15 heavy (non-hydrogen) atoms. The zero-order valence-corrected chi connectivity index (χ0v) is 8.71. The molecule has 0 bridgehead atoms. The Hall–Kier alpha value is -0.530. The van der Waals surface area contributed by atoms with Crippen LogP contribution in [0.3, 0.4) is 0 Å². The highest BCUT2D eigenvalue weighted by atomic mass is 16.7. The zero-order chi connectivity index (χ0) is 11.6. The minimum absolute atomic E-state index is 0.101. The van der Waals surface area contributed by atoms with E-state index in [1.54, 1.807) is 13.8 Å². The van der Waals surface area contributed by atoms with E-state index in [1.165, 1.54) is 0 Å². The van der Waals surface area contributed by atoms with Crippen LogP contribution < -0.4 is 0 Å². The molecule has 1 heterocycles. The van der Waals surface area contributed by atoms with E-state index in [0.717, 1.165) is 0 Å². The van der Waals surface area contributed by atoms with Crippen molar-refractivity contribution in [1.82, 2.24) is 0 Å². The summed E-state index contributed by atoms with van der Waals surface area (Å²) in [7, 11) is 0. The number of ketones is 1. The van der Waals surface area contributed by atoms with Gasteiger partial charge in [0.25, 0.3) is 0 Å². The van der Waals surface area contributed by atoms with Crippen molar-refractivity contribution < 1.29 is 29.6 Å². The molecule has 1 aliphatic heterocycles. The third-order valence-corrected chi connectivity index (χ3v) is 2.22. The van der Waals surface area contributed by atoms with E-state index >= 15 is 0 Å². The van der Waals surface area contributed by atoms with Crippen molar-refractivity contribution in [3.05, 3.63) is 0 Å². The molecule has 3 N–H and O–H groups in total. The number of aliphatic hydroxyl groups is 3. The summed E-state index contributed by atoms with van der Waals surface area (Å²) in [5.41, 5.74) is 0. The predicted molar refractivity (Wildman–Crippen MR) is 49.0 cm³/mol. The van der Waals surface area contributed by atoms with Crippen molar-refractivity contribution in [3.63, 3.8) is 0 Å². The summed E-state index contributed by atoms with van der Waals surface area (Å²) in [6.07, 6.45) is -3.78. The van der Waals surface area contributed by atoms with E-state index in [-0.39, 0.29) is 6.61 Å². The maximum atomic E-state index is 10.9. The monoisotopic (exact) mass is 220 g/mol. The van der Waals surface area contributed by atoms with Crippen LogP contribution in [0, 0.1) is 0 Å². The van der Waals surface area contributed by atoms with Crippen LogP contribution >= 0.6 is 0 Å². The number of carbonyl (C=O) groups excluding carboxylic acids is 1. The van der Waals surface area contributed by atoms with Gasteiger partial charge in [0, 0.05) is 0 Å². The van der Waals surface area contributed by atoms with E-state index in [9.17, 15) is 15.0 Å². The Balaban J connectivity index is 2.55. The quantitative estimate of drug-likeness (QED) is 0.529. The van der Waals surface area contributed by atoms with E-state index in [2.05, 4.69) is 0 Å². The Kier molecular flexibility index (Phi) is 3.80. The highest BCUT2D eigenvalue weighted by molar-refractivity contribution is 5.84. The molecule has 0 spiro atoms. The lowest BCUT2D eigenvalue weighted by molar-refractivity contribution is -0.165. The van der Waals surface area contributed by atoms with Crippen LogP contribution in [-0.2, 0) is 14.3 Å². The fourth-order valence-corrected chi connectivity index (χ4v) is 1.37. The first-order valence-corrected chi connectivity index (χ1v) is 4.69. The van der Waals surface area contributed by atoms with E-state index in [1.807, 2.05) is 0 Å². The fourth-order valence-electron chi connectivity index (χ4n) is 1.37. The zero-order valence-electron chi connectivity index (χ0n) is 8.71. The van der Waals surface area contributed by atoms with Gasteiger partial charge in [-0.1, -0.05) is 0 Å². The molecule has 6 nitrogen and oxygen atoms in total. The summed E-state index contributed by atoms with van der Waals surface area (Å²) in [5, 5.41) is 27.4. The smallest absolute Gasteiger partial charge is 0.189 e. The van der Waals surface area contributed by atoms with Crippen LogP contribution in [0.1, 0.15) is 13.8 Å². The SMILES string of the molecule is CC1(C)OC[C@@H]([C@@H](O)[C@H](O)C(=O)CO)O1. The molecule has 0 aromatic rings. The van der Waals surface area contributed by atoms with Crippen molar-refractivity contribution in [2.75, 3.05) is 13.2 Å². The Morgan fingerprint density at radius 3 is 2.53 bits per heavy atom. The molecule has 1 saturated heterocycles. The number of carbonyl (C=O) groups is 1. The maximum Gasteiger partial charge on any atom is 0.189 e. The average Bonchev–Trinajstić information content (AvgIpc) is 2.55. The molecule has 6 heteroatoms. The summed E-state index contributed by atoms with van der Waals surface area (Å²) < 4.78 is 10.4. The van der Waals surface area contributed by atoms with Gasteiger partial charge >= 0.3 is 0 Å². The topological polar surface area (TPSA) is 96.2 Å². The third kappa shape index (κ3) is 2.96. The molecule has 0 aromatic carbocycles. The second-order valence-corrected chi connectivity index (χ2v) is 3.93. The Morgan fingerprint density at radius 2 is 2.13 bits per heavy atom. The molecule has 88 valence electrons. The number of rotatable bonds is 4. The van der Waals surface area contributed by atoms with E-state index < -0.39 is 36.5 Å². The summed E-state index contributed by atoms with van der Waals surface area (Å²) in [4.78, 5) is 10.9. The molecule has 1 fully saturated rings. The van der Waals surface area contributed by atoms with Crippen LogP contribution in [-0.4, -0.2) is 58.4 Å². The molecular weight excluding hydrogens is 204 g/mol. The van der Waals surface area contributed by atoms with Gasteiger partial charge in [-0.2, -0.15) is 0 Å². The lowest BCUT2D eigenvalue weighted by Gasteiger charge is -2.22. The Bertz CT molecular complexity index is 239. The summed E-state index contributed by atoms with van der Waals surface area (Å²) in [6.45, 7) is 2.62. The highest BCUT2D eigenvalue weighted by Crippen LogP contribution is 2.25. The molecule has 0 radical (unpaired) electrons. The molecule has 1 rings (SSSR count). The van der Waals surface area contributed by atoms with Crippen molar-refractivity contribution in [3.8, 4) is 0 Å².